The van der Waals surface area contributed by atoms with Crippen molar-refractivity contribution in [2.75, 3.05) is 0 Å². The molecule has 1 aliphatic rings. The van der Waals surface area contributed by atoms with Crippen LogP contribution >= 0.6 is 0 Å². The summed E-state index contributed by atoms with van der Waals surface area (Å²) in [5.41, 5.74) is 0.437. The molecule has 128 valence electrons. The highest BCUT2D eigenvalue weighted by molar-refractivity contribution is 5.92. The molecule has 1 fully saturated rings. The standard InChI is InChI=1S/C19H20N4O2/c24-19(17-9-3-10-18(21-17)23-12-5-11-20-23)22(15-6-1-2-7-15)14-16-8-4-13-25-16/h3-5,8-13,15H,1-2,6-7,14H2. The van der Waals surface area contributed by atoms with E-state index >= 15 is 0 Å². The van der Waals surface area contributed by atoms with Gasteiger partial charge in [0, 0.05) is 18.4 Å². The fraction of sp³-hybridized carbons (Fsp3) is 0.316. The quantitative estimate of drug-likeness (QED) is 0.716. The van der Waals surface area contributed by atoms with Crippen LogP contribution in [0.5, 0.6) is 0 Å². The van der Waals surface area contributed by atoms with Crippen LogP contribution in [-0.2, 0) is 6.54 Å². The molecule has 3 aromatic rings. The largest absolute Gasteiger partial charge is 0.467 e. The van der Waals surface area contributed by atoms with Crippen molar-refractivity contribution in [3.8, 4) is 5.82 Å². The van der Waals surface area contributed by atoms with Gasteiger partial charge >= 0.3 is 0 Å². The van der Waals surface area contributed by atoms with Gasteiger partial charge in [0.25, 0.3) is 5.91 Å². The van der Waals surface area contributed by atoms with Gasteiger partial charge in [0.1, 0.15) is 11.5 Å². The van der Waals surface area contributed by atoms with E-state index in [1.54, 1.807) is 23.2 Å². The van der Waals surface area contributed by atoms with Crippen molar-refractivity contribution in [2.24, 2.45) is 0 Å². The molecule has 0 N–H and O–H groups in total. The number of furan rings is 1. The van der Waals surface area contributed by atoms with E-state index < -0.39 is 0 Å². The molecular weight excluding hydrogens is 316 g/mol. The second kappa shape index (κ2) is 6.93. The van der Waals surface area contributed by atoms with Gasteiger partial charge in [-0.2, -0.15) is 5.10 Å². The van der Waals surface area contributed by atoms with Crippen LogP contribution in [0.4, 0.5) is 0 Å². The molecule has 1 amide bonds. The molecule has 0 aliphatic heterocycles. The van der Waals surface area contributed by atoms with Gasteiger partial charge in [0.2, 0.25) is 0 Å². The van der Waals surface area contributed by atoms with Crippen molar-refractivity contribution in [2.45, 2.75) is 38.3 Å². The second-order valence-electron chi connectivity index (χ2n) is 6.28. The van der Waals surface area contributed by atoms with Gasteiger partial charge in [0.15, 0.2) is 5.82 Å². The van der Waals surface area contributed by atoms with Gasteiger partial charge in [0.05, 0.1) is 12.8 Å². The third-order valence-corrected chi connectivity index (χ3v) is 4.63. The van der Waals surface area contributed by atoms with E-state index in [1.807, 2.05) is 41.4 Å². The van der Waals surface area contributed by atoms with Gasteiger partial charge in [-0.05, 0) is 43.2 Å². The minimum absolute atomic E-state index is 0.0580. The van der Waals surface area contributed by atoms with E-state index in [4.69, 9.17) is 4.42 Å². The molecular formula is C19H20N4O2. The predicted molar refractivity (Wildman–Crippen MR) is 92.2 cm³/mol. The zero-order valence-corrected chi connectivity index (χ0v) is 13.9. The van der Waals surface area contributed by atoms with Gasteiger partial charge in [-0.15, -0.1) is 0 Å². The van der Waals surface area contributed by atoms with Crippen molar-refractivity contribution in [1.82, 2.24) is 19.7 Å². The SMILES string of the molecule is O=C(c1cccc(-n2cccn2)n1)N(Cc1ccco1)C1CCCC1. The van der Waals surface area contributed by atoms with E-state index in [0.29, 0.717) is 18.1 Å². The molecule has 6 nitrogen and oxygen atoms in total. The Labute approximate surface area is 146 Å². The van der Waals surface area contributed by atoms with Crippen molar-refractivity contribution >= 4 is 5.91 Å². The van der Waals surface area contributed by atoms with E-state index in [-0.39, 0.29) is 11.9 Å². The number of hydrogen-bond acceptors (Lipinski definition) is 4. The lowest BCUT2D eigenvalue weighted by atomic mass is 10.1. The minimum atomic E-state index is -0.0580. The van der Waals surface area contributed by atoms with E-state index in [2.05, 4.69) is 10.1 Å². The number of carbonyl (C=O) groups is 1. The molecule has 6 heteroatoms. The average Bonchev–Trinajstić information content (AvgIpc) is 3.42. The summed E-state index contributed by atoms with van der Waals surface area (Å²) in [5, 5.41) is 4.18. The molecule has 0 aromatic carbocycles. The maximum absolute atomic E-state index is 13.2. The number of rotatable bonds is 5. The maximum atomic E-state index is 13.2. The first-order chi connectivity index (χ1) is 12.3. The van der Waals surface area contributed by atoms with E-state index in [9.17, 15) is 4.79 Å². The molecule has 4 rings (SSSR count). The molecule has 0 unspecified atom stereocenters. The van der Waals surface area contributed by atoms with Crippen LogP contribution in [0, 0.1) is 0 Å². The van der Waals surface area contributed by atoms with Crippen molar-refractivity contribution in [3.05, 3.63) is 66.5 Å². The lowest BCUT2D eigenvalue weighted by Crippen LogP contribution is -2.38. The summed E-state index contributed by atoms with van der Waals surface area (Å²) in [6.07, 6.45) is 9.53. The Bertz CT molecular complexity index is 821. The van der Waals surface area contributed by atoms with Crippen LogP contribution in [0.15, 0.2) is 59.5 Å². The molecule has 0 spiro atoms. The fourth-order valence-electron chi connectivity index (χ4n) is 3.37. The highest BCUT2D eigenvalue weighted by Gasteiger charge is 2.29. The van der Waals surface area contributed by atoms with Crippen molar-refractivity contribution in [3.63, 3.8) is 0 Å². The first-order valence-corrected chi connectivity index (χ1v) is 8.62. The van der Waals surface area contributed by atoms with Crippen molar-refractivity contribution < 1.29 is 9.21 Å². The summed E-state index contributed by atoms with van der Waals surface area (Å²) >= 11 is 0. The monoisotopic (exact) mass is 336 g/mol. The maximum Gasteiger partial charge on any atom is 0.273 e. The topological polar surface area (TPSA) is 64.2 Å². The molecule has 0 atom stereocenters. The van der Waals surface area contributed by atoms with Gasteiger partial charge in [-0.1, -0.05) is 18.9 Å². The Morgan fingerprint density at radius 1 is 1.20 bits per heavy atom. The first-order valence-electron chi connectivity index (χ1n) is 8.62. The molecule has 0 radical (unpaired) electrons. The number of aromatic nitrogens is 3. The van der Waals surface area contributed by atoms with Crippen LogP contribution in [-0.4, -0.2) is 31.6 Å². The normalized spacial score (nSPS) is 14.7. The lowest BCUT2D eigenvalue weighted by Gasteiger charge is -2.28. The molecule has 0 bridgehead atoms. The molecule has 1 saturated carbocycles. The van der Waals surface area contributed by atoms with Gasteiger partial charge < -0.3 is 9.32 Å². The fourth-order valence-corrected chi connectivity index (χ4v) is 3.37. The third kappa shape index (κ3) is 3.33. The second-order valence-corrected chi connectivity index (χ2v) is 6.28. The lowest BCUT2D eigenvalue weighted by molar-refractivity contribution is 0.0643. The Morgan fingerprint density at radius 2 is 2.08 bits per heavy atom. The van der Waals surface area contributed by atoms with Crippen LogP contribution in [0.2, 0.25) is 0 Å². The average molecular weight is 336 g/mol. The Morgan fingerprint density at radius 3 is 2.80 bits per heavy atom. The Hall–Kier alpha value is -2.89. The van der Waals surface area contributed by atoms with E-state index in [0.717, 1.165) is 31.4 Å². The number of hydrogen-bond donors (Lipinski definition) is 0. The molecule has 3 aromatic heterocycles. The van der Waals surface area contributed by atoms with Crippen molar-refractivity contribution in [1.29, 1.82) is 0 Å². The first kappa shape index (κ1) is 15.6. The van der Waals surface area contributed by atoms with Gasteiger partial charge in [-0.25, -0.2) is 9.67 Å². The third-order valence-electron chi connectivity index (χ3n) is 4.63. The minimum Gasteiger partial charge on any atom is -0.467 e. The summed E-state index contributed by atoms with van der Waals surface area (Å²) in [7, 11) is 0. The number of pyridine rings is 1. The zero-order chi connectivity index (χ0) is 17.1. The summed E-state index contributed by atoms with van der Waals surface area (Å²) in [5.74, 6) is 1.38. The zero-order valence-electron chi connectivity index (χ0n) is 13.9. The molecule has 3 heterocycles. The van der Waals surface area contributed by atoms with E-state index in [1.165, 1.54) is 0 Å². The summed E-state index contributed by atoms with van der Waals surface area (Å²) in [6.45, 7) is 0.476. The summed E-state index contributed by atoms with van der Waals surface area (Å²) in [4.78, 5) is 19.6. The summed E-state index contributed by atoms with van der Waals surface area (Å²) in [6, 6.07) is 11.3. The van der Waals surface area contributed by atoms with Crippen LogP contribution in [0.3, 0.4) is 0 Å². The summed E-state index contributed by atoms with van der Waals surface area (Å²) < 4.78 is 7.12. The van der Waals surface area contributed by atoms with Crippen LogP contribution < -0.4 is 0 Å². The number of carbonyl (C=O) groups excluding carboxylic acids is 1. The molecule has 1 aliphatic carbocycles. The van der Waals surface area contributed by atoms with Gasteiger partial charge in [-0.3, -0.25) is 4.79 Å². The Balaban J connectivity index is 1.62. The molecule has 25 heavy (non-hydrogen) atoms. The highest BCUT2D eigenvalue weighted by Crippen LogP contribution is 2.26. The Kier molecular flexibility index (Phi) is 4.33. The molecule has 0 saturated heterocycles. The van der Waals surface area contributed by atoms with Crippen LogP contribution in [0.1, 0.15) is 41.9 Å². The smallest absolute Gasteiger partial charge is 0.273 e. The number of amides is 1. The predicted octanol–water partition coefficient (Wildman–Crippen LogP) is 3.45. The van der Waals surface area contributed by atoms with Crippen LogP contribution in [0.25, 0.3) is 5.82 Å². The highest BCUT2D eigenvalue weighted by atomic mass is 16.3. The number of nitrogens with zero attached hydrogens (tertiary/aromatic N) is 4.